The van der Waals surface area contributed by atoms with Crippen LogP contribution in [0.3, 0.4) is 0 Å². The van der Waals surface area contributed by atoms with Gasteiger partial charge in [-0.25, -0.2) is 23.5 Å². The zero-order valence-corrected chi connectivity index (χ0v) is 30.0. The Labute approximate surface area is 274 Å². The molecular formula is C30H41Br2FN4O7. The maximum absolute atomic E-state index is 14.3. The summed E-state index contributed by atoms with van der Waals surface area (Å²) in [4.78, 5) is 42.8. The summed E-state index contributed by atoms with van der Waals surface area (Å²) in [5, 5.41) is 15.8. The predicted molar refractivity (Wildman–Crippen MR) is 170 cm³/mol. The van der Waals surface area contributed by atoms with Gasteiger partial charge in [-0.3, -0.25) is 0 Å². The molecule has 1 aromatic carbocycles. The summed E-state index contributed by atoms with van der Waals surface area (Å²) in [6, 6.07) is 2.38. The number of aromatic hydroxyl groups is 1. The van der Waals surface area contributed by atoms with Crippen molar-refractivity contribution in [3.05, 3.63) is 32.5 Å². The minimum Gasteiger partial charge on any atom is -0.492 e. The first-order valence-electron chi connectivity index (χ1n) is 14.1. The number of carbonyl (C=O) groups excluding carboxylic acids is 3. The van der Waals surface area contributed by atoms with Crippen molar-refractivity contribution in [3.63, 3.8) is 0 Å². The van der Waals surface area contributed by atoms with Crippen LogP contribution in [0.25, 0.3) is 5.69 Å². The normalized spacial score (nSPS) is 15.5. The molecular weight excluding hydrogens is 707 g/mol. The van der Waals surface area contributed by atoms with E-state index in [-0.39, 0.29) is 39.1 Å². The number of anilines is 1. The third kappa shape index (κ3) is 8.43. The highest BCUT2D eigenvalue weighted by Gasteiger charge is 2.46. The molecule has 14 heteroatoms. The predicted octanol–water partition coefficient (Wildman–Crippen LogP) is 8.21. The second kappa shape index (κ2) is 12.5. The van der Waals surface area contributed by atoms with Crippen molar-refractivity contribution >= 4 is 56.0 Å². The van der Waals surface area contributed by atoms with Gasteiger partial charge < -0.3 is 24.2 Å². The molecule has 44 heavy (non-hydrogen) atoms. The number of nitrogens with zero attached hydrogens (tertiary/aromatic N) is 4. The lowest BCUT2D eigenvalue weighted by atomic mass is 9.75. The van der Waals surface area contributed by atoms with E-state index in [1.165, 1.54) is 16.8 Å². The van der Waals surface area contributed by atoms with Crippen LogP contribution in [-0.2, 0) is 19.6 Å². The van der Waals surface area contributed by atoms with E-state index in [2.05, 4.69) is 37.0 Å². The minimum absolute atomic E-state index is 0.146. The van der Waals surface area contributed by atoms with Crippen LogP contribution in [-0.4, -0.2) is 68.0 Å². The smallest absolute Gasteiger partial charge is 0.425 e. The molecule has 1 fully saturated rings. The van der Waals surface area contributed by atoms with Gasteiger partial charge in [0.1, 0.15) is 22.6 Å². The van der Waals surface area contributed by atoms with E-state index in [0.717, 1.165) is 0 Å². The summed E-state index contributed by atoms with van der Waals surface area (Å²) in [5.74, 6) is -1.18. The molecule has 0 atom stereocenters. The number of hydrogen-bond acceptors (Lipinski definition) is 8. The maximum atomic E-state index is 14.3. The summed E-state index contributed by atoms with van der Waals surface area (Å²) < 4.78 is 32.8. The third-order valence-electron chi connectivity index (χ3n) is 6.52. The van der Waals surface area contributed by atoms with E-state index in [1.807, 2.05) is 6.92 Å². The minimum atomic E-state index is -1.07. The largest absolute Gasteiger partial charge is 0.492 e. The summed E-state index contributed by atoms with van der Waals surface area (Å²) in [7, 11) is 0. The first-order chi connectivity index (χ1) is 19.9. The van der Waals surface area contributed by atoms with Crippen molar-refractivity contribution in [1.29, 1.82) is 0 Å². The van der Waals surface area contributed by atoms with Crippen LogP contribution in [0.2, 0.25) is 0 Å². The SMILES string of the molecule is CC(C)(C)OC(=O)N1CCC(C)(c2c(O)nn(-c3c(Br)cc(F)cc3Br)c2N(C(=O)OC(C)(C)C)C(=O)OC(C)(C)C)CC1. The second-order valence-electron chi connectivity index (χ2n) is 14.0. The van der Waals surface area contributed by atoms with Gasteiger partial charge in [-0.05, 0) is 119 Å². The fourth-order valence-electron chi connectivity index (χ4n) is 4.66. The number of carbonyl (C=O) groups is 3. The van der Waals surface area contributed by atoms with Crippen LogP contribution in [0.1, 0.15) is 87.6 Å². The quantitative estimate of drug-likeness (QED) is 0.312. The number of halogens is 3. The molecule has 0 radical (unpaired) electrons. The molecule has 1 aliphatic heterocycles. The number of ether oxygens (including phenoxy) is 3. The molecule has 2 heterocycles. The molecule has 0 saturated carbocycles. The Bertz CT molecular complexity index is 1380. The number of likely N-dealkylation sites (tertiary alicyclic amines) is 1. The Kier molecular flexibility index (Phi) is 10.1. The molecule has 0 aliphatic carbocycles. The molecule has 3 rings (SSSR count). The Balaban J connectivity index is 2.28. The van der Waals surface area contributed by atoms with E-state index in [4.69, 9.17) is 14.2 Å². The molecule has 3 amide bonds. The van der Waals surface area contributed by atoms with Gasteiger partial charge >= 0.3 is 18.3 Å². The van der Waals surface area contributed by atoms with Gasteiger partial charge in [0.05, 0.1) is 11.3 Å². The number of piperidine rings is 1. The van der Waals surface area contributed by atoms with E-state index in [9.17, 15) is 23.9 Å². The Morgan fingerprint density at radius 2 is 1.32 bits per heavy atom. The maximum Gasteiger partial charge on any atom is 0.425 e. The molecule has 244 valence electrons. The topological polar surface area (TPSA) is 123 Å². The lowest BCUT2D eigenvalue weighted by Crippen LogP contribution is -2.48. The molecule has 0 bridgehead atoms. The molecule has 1 saturated heterocycles. The first kappa shape index (κ1) is 35.6. The van der Waals surface area contributed by atoms with Gasteiger partial charge in [0.15, 0.2) is 5.82 Å². The Morgan fingerprint density at radius 3 is 1.73 bits per heavy atom. The molecule has 1 aromatic heterocycles. The van der Waals surface area contributed by atoms with Crippen LogP contribution in [0.15, 0.2) is 21.1 Å². The number of imide groups is 1. The van der Waals surface area contributed by atoms with E-state index in [0.29, 0.717) is 17.7 Å². The standard InChI is InChI=1S/C30H41Br2FN4O7/c1-27(2,3)42-24(39)35-13-11-30(10,12-14-35)20-22(38)34-37(21-18(31)15-17(33)16-19(21)32)23(20)36(25(40)43-28(4,5)6)26(41)44-29(7,8)9/h15-16H,11-14H2,1-10H3,(H,34,38). The van der Waals surface area contributed by atoms with Gasteiger partial charge in [0, 0.05) is 27.4 Å². The van der Waals surface area contributed by atoms with Crippen LogP contribution < -0.4 is 4.90 Å². The Hall–Kier alpha value is -2.87. The first-order valence-corrected chi connectivity index (χ1v) is 15.7. The highest BCUT2D eigenvalue weighted by Crippen LogP contribution is 2.48. The van der Waals surface area contributed by atoms with Crippen molar-refractivity contribution < 1.29 is 38.1 Å². The lowest BCUT2D eigenvalue weighted by Gasteiger charge is -2.40. The Morgan fingerprint density at radius 1 is 0.886 bits per heavy atom. The summed E-state index contributed by atoms with van der Waals surface area (Å²) in [6.45, 7) is 17.6. The monoisotopic (exact) mass is 746 g/mol. The number of amides is 3. The number of benzene rings is 1. The summed E-state index contributed by atoms with van der Waals surface area (Å²) in [5.41, 5.74) is -3.25. The van der Waals surface area contributed by atoms with E-state index >= 15 is 0 Å². The zero-order valence-electron chi connectivity index (χ0n) is 26.8. The lowest BCUT2D eigenvalue weighted by molar-refractivity contribution is 0.0171. The third-order valence-corrected chi connectivity index (χ3v) is 7.73. The fraction of sp³-hybridized carbons (Fsp3) is 0.600. The van der Waals surface area contributed by atoms with Crippen molar-refractivity contribution in [2.45, 2.75) is 104 Å². The van der Waals surface area contributed by atoms with Crippen molar-refractivity contribution in [3.8, 4) is 11.6 Å². The molecule has 1 aliphatic rings. The molecule has 0 spiro atoms. The number of rotatable bonds is 3. The molecule has 0 unspecified atom stereocenters. The van der Waals surface area contributed by atoms with Crippen molar-refractivity contribution in [2.24, 2.45) is 0 Å². The number of aromatic nitrogens is 2. The number of hydrogen-bond donors (Lipinski definition) is 1. The van der Waals surface area contributed by atoms with Crippen LogP contribution in [0.4, 0.5) is 24.6 Å². The fourth-order valence-corrected chi connectivity index (χ4v) is 6.13. The van der Waals surface area contributed by atoms with Gasteiger partial charge in [-0.15, -0.1) is 5.10 Å². The average Bonchev–Trinajstić information content (AvgIpc) is 3.12. The van der Waals surface area contributed by atoms with Crippen molar-refractivity contribution in [1.82, 2.24) is 14.7 Å². The van der Waals surface area contributed by atoms with Gasteiger partial charge in [-0.2, -0.15) is 4.90 Å². The zero-order chi connectivity index (χ0) is 33.6. The van der Waals surface area contributed by atoms with Gasteiger partial charge in [0.25, 0.3) is 0 Å². The highest BCUT2D eigenvalue weighted by molar-refractivity contribution is 9.11. The summed E-state index contributed by atoms with van der Waals surface area (Å²) in [6.07, 6.45) is -1.97. The summed E-state index contributed by atoms with van der Waals surface area (Å²) >= 11 is 6.72. The molecule has 1 N–H and O–H groups in total. The molecule has 11 nitrogen and oxygen atoms in total. The highest BCUT2D eigenvalue weighted by atomic mass is 79.9. The van der Waals surface area contributed by atoms with Crippen LogP contribution >= 0.6 is 31.9 Å². The van der Waals surface area contributed by atoms with E-state index in [1.54, 1.807) is 67.2 Å². The van der Waals surface area contributed by atoms with Crippen LogP contribution in [0, 0.1) is 5.82 Å². The van der Waals surface area contributed by atoms with Gasteiger partial charge in [-0.1, -0.05) is 6.92 Å². The van der Waals surface area contributed by atoms with Crippen LogP contribution in [0.5, 0.6) is 5.88 Å². The molecule has 2 aromatic rings. The average molecular weight is 748 g/mol. The second-order valence-corrected chi connectivity index (χ2v) is 15.7. The van der Waals surface area contributed by atoms with E-state index < -0.39 is 52.2 Å². The van der Waals surface area contributed by atoms with Crippen molar-refractivity contribution in [2.75, 3.05) is 18.0 Å². The van der Waals surface area contributed by atoms with Gasteiger partial charge in [0.2, 0.25) is 5.88 Å².